The van der Waals surface area contributed by atoms with E-state index in [1.165, 1.54) is 0 Å². The normalized spacial score (nSPS) is 34.5. The van der Waals surface area contributed by atoms with Crippen LogP contribution in [0.4, 0.5) is 0 Å². The van der Waals surface area contributed by atoms with E-state index in [9.17, 15) is 10.1 Å². The molecule has 3 saturated heterocycles. The minimum Gasteiger partial charge on any atom is -0.316 e. The molecule has 3 aliphatic rings. The lowest BCUT2D eigenvalue weighted by molar-refractivity contribution is -0.645. The summed E-state index contributed by atoms with van der Waals surface area (Å²) in [6, 6.07) is 6.80. The predicted octanol–water partition coefficient (Wildman–Crippen LogP) is 1.54. The van der Waals surface area contributed by atoms with Gasteiger partial charge < -0.3 is 14.2 Å². The lowest BCUT2D eigenvalue weighted by Crippen LogP contribution is -2.65. The smallest absolute Gasteiger partial charge is 0.312 e. The number of nitro groups is 1. The lowest BCUT2D eigenvalue weighted by atomic mass is 10.00. The van der Waals surface area contributed by atoms with Gasteiger partial charge in [0.15, 0.2) is 0 Å². The summed E-state index contributed by atoms with van der Waals surface area (Å²) in [4.78, 5) is 10.6. The van der Waals surface area contributed by atoms with E-state index in [2.05, 4.69) is 0 Å². The maximum Gasteiger partial charge on any atom is 0.312 e. The fourth-order valence-corrected chi connectivity index (χ4v) is 2.13. The first-order valence-corrected chi connectivity index (χ1v) is 5.77. The molecule has 2 bridgehead atoms. The van der Waals surface area contributed by atoms with Gasteiger partial charge in [0.2, 0.25) is 0 Å². The third kappa shape index (κ3) is 1.61. The van der Waals surface area contributed by atoms with Gasteiger partial charge in [0.25, 0.3) is 5.54 Å². The van der Waals surface area contributed by atoms with Crippen LogP contribution in [0.15, 0.2) is 24.3 Å². The van der Waals surface area contributed by atoms with Crippen LogP contribution in [0.1, 0.15) is 5.56 Å². The average molecular weight is 272 g/mol. The Kier molecular flexibility index (Phi) is 2.56. The minimum absolute atomic E-state index is 0.0252. The van der Waals surface area contributed by atoms with Crippen LogP contribution in [-0.2, 0) is 20.2 Å². The summed E-state index contributed by atoms with van der Waals surface area (Å²) >= 11 is 5.80. The van der Waals surface area contributed by atoms with E-state index in [1.807, 2.05) is 0 Å². The number of fused-ring (bicyclic) bond motifs is 3. The third-order valence-electron chi connectivity index (χ3n) is 3.18. The van der Waals surface area contributed by atoms with Crippen LogP contribution in [-0.4, -0.2) is 30.3 Å². The van der Waals surface area contributed by atoms with Crippen LogP contribution in [0, 0.1) is 10.1 Å². The molecule has 0 unspecified atom stereocenters. The van der Waals surface area contributed by atoms with E-state index in [4.69, 9.17) is 25.8 Å². The van der Waals surface area contributed by atoms with Crippen molar-refractivity contribution in [2.45, 2.75) is 11.5 Å². The molecule has 1 aromatic carbocycles. The van der Waals surface area contributed by atoms with Gasteiger partial charge in [-0.1, -0.05) is 11.6 Å². The van der Waals surface area contributed by atoms with E-state index in [-0.39, 0.29) is 19.8 Å². The molecule has 0 atom stereocenters. The molecule has 0 amide bonds. The SMILES string of the molecule is O=[N+]([O-])C12COC(c3ccc(Cl)cc3)(OC1)OC2. The molecule has 3 fully saturated rings. The van der Waals surface area contributed by atoms with Gasteiger partial charge in [-0.05, 0) is 24.3 Å². The number of halogens is 1. The van der Waals surface area contributed by atoms with Gasteiger partial charge in [-0.3, -0.25) is 10.1 Å². The van der Waals surface area contributed by atoms with E-state index < -0.39 is 16.4 Å². The van der Waals surface area contributed by atoms with Gasteiger partial charge in [-0.2, -0.15) is 0 Å². The number of nitrogens with zero attached hydrogens (tertiary/aromatic N) is 1. The second-order valence-electron chi connectivity index (χ2n) is 4.41. The van der Waals surface area contributed by atoms with Crippen molar-refractivity contribution in [2.75, 3.05) is 19.8 Å². The number of benzene rings is 1. The molecule has 1 aromatic rings. The minimum atomic E-state index is -1.33. The molecular weight excluding hydrogens is 262 g/mol. The highest BCUT2D eigenvalue weighted by Gasteiger charge is 2.60. The van der Waals surface area contributed by atoms with Crippen molar-refractivity contribution in [2.24, 2.45) is 0 Å². The highest BCUT2D eigenvalue weighted by Crippen LogP contribution is 2.41. The van der Waals surface area contributed by atoms with Crippen molar-refractivity contribution in [3.8, 4) is 0 Å². The van der Waals surface area contributed by atoms with E-state index in [0.29, 0.717) is 10.6 Å². The molecule has 3 heterocycles. The molecule has 18 heavy (non-hydrogen) atoms. The monoisotopic (exact) mass is 271 g/mol. The number of hydrogen-bond acceptors (Lipinski definition) is 5. The summed E-state index contributed by atoms with van der Waals surface area (Å²) in [5, 5.41) is 11.6. The van der Waals surface area contributed by atoms with Crippen LogP contribution in [0.25, 0.3) is 0 Å². The lowest BCUT2D eigenvalue weighted by Gasteiger charge is -2.46. The molecule has 0 N–H and O–H groups in total. The van der Waals surface area contributed by atoms with Gasteiger partial charge in [0.1, 0.15) is 19.8 Å². The second kappa shape index (κ2) is 3.89. The maximum atomic E-state index is 11.0. The van der Waals surface area contributed by atoms with E-state index in [0.717, 1.165) is 0 Å². The molecule has 0 radical (unpaired) electrons. The molecule has 7 heteroatoms. The predicted molar refractivity (Wildman–Crippen MR) is 60.7 cm³/mol. The van der Waals surface area contributed by atoms with Crippen molar-refractivity contribution >= 4 is 11.6 Å². The molecule has 0 aromatic heterocycles. The number of hydrogen-bond donors (Lipinski definition) is 0. The van der Waals surface area contributed by atoms with Crippen LogP contribution in [0.2, 0.25) is 5.02 Å². The molecule has 0 aliphatic carbocycles. The Morgan fingerprint density at radius 1 is 1.11 bits per heavy atom. The highest BCUT2D eigenvalue weighted by atomic mass is 35.5. The zero-order valence-corrected chi connectivity index (χ0v) is 10.1. The molecule has 4 rings (SSSR count). The first-order chi connectivity index (χ1) is 8.56. The Morgan fingerprint density at radius 2 is 1.61 bits per heavy atom. The molecule has 0 saturated carbocycles. The average Bonchev–Trinajstić information content (AvgIpc) is 2.41. The summed E-state index contributed by atoms with van der Waals surface area (Å²) in [6.45, 7) is -0.0755. The van der Waals surface area contributed by atoms with Crippen LogP contribution in [0.5, 0.6) is 0 Å². The molecule has 96 valence electrons. The van der Waals surface area contributed by atoms with Gasteiger partial charge in [-0.25, -0.2) is 0 Å². The molecule has 0 spiro atoms. The van der Waals surface area contributed by atoms with E-state index in [1.54, 1.807) is 24.3 Å². The van der Waals surface area contributed by atoms with Crippen LogP contribution < -0.4 is 0 Å². The van der Waals surface area contributed by atoms with Crippen molar-refractivity contribution in [3.63, 3.8) is 0 Å². The van der Waals surface area contributed by atoms with Crippen molar-refractivity contribution in [1.82, 2.24) is 0 Å². The van der Waals surface area contributed by atoms with Gasteiger partial charge in [0, 0.05) is 15.5 Å². The standard InChI is InChI=1S/C11H10ClNO5/c12-9-3-1-8(2-4-9)11-16-5-10(6-17-11,7-18-11)13(14)15/h1-4H,5-7H2. The number of rotatable bonds is 2. The summed E-state index contributed by atoms with van der Waals surface area (Å²) in [5.74, 6) is -1.33. The van der Waals surface area contributed by atoms with Crippen LogP contribution in [0.3, 0.4) is 0 Å². The summed E-state index contributed by atoms with van der Waals surface area (Å²) in [7, 11) is 0. The van der Waals surface area contributed by atoms with Gasteiger partial charge in [-0.15, -0.1) is 0 Å². The second-order valence-corrected chi connectivity index (χ2v) is 4.85. The zero-order valence-electron chi connectivity index (χ0n) is 9.30. The van der Waals surface area contributed by atoms with E-state index >= 15 is 0 Å². The Balaban J connectivity index is 1.88. The summed E-state index contributed by atoms with van der Waals surface area (Å²) in [6.07, 6.45) is 0. The fraction of sp³-hybridized carbons (Fsp3) is 0.455. The van der Waals surface area contributed by atoms with Crippen molar-refractivity contribution in [1.29, 1.82) is 0 Å². The fourth-order valence-electron chi connectivity index (χ4n) is 2.00. The Bertz CT molecular complexity index is 464. The Hall–Kier alpha value is -1.21. The quantitative estimate of drug-likeness (QED) is 0.603. The Labute approximate surface area is 108 Å². The van der Waals surface area contributed by atoms with Gasteiger partial charge >= 0.3 is 5.97 Å². The van der Waals surface area contributed by atoms with Crippen molar-refractivity contribution < 1.29 is 19.1 Å². The third-order valence-corrected chi connectivity index (χ3v) is 3.43. The first kappa shape index (κ1) is 11.9. The molecular formula is C11H10ClNO5. The molecule has 6 nitrogen and oxygen atoms in total. The summed E-state index contributed by atoms with van der Waals surface area (Å²) in [5.41, 5.74) is -0.641. The largest absolute Gasteiger partial charge is 0.316 e. The summed E-state index contributed by atoms with van der Waals surface area (Å²) < 4.78 is 16.3. The highest BCUT2D eigenvalue weighted by molar-refractivity contribution is 6.30. The molecule has 3 aliphatic heterocycles. The maximum absolute atomic E-state index is 11.0. The zero-order chi connectivity index (χ0) is 12.8. The topological polar surface area (TPSA) is 70.8 Å². The number of ether oxygens (including phenoxy) is 3. The van der Waals surface area contributed by atoms with Crippen LogP contribution >= 0.6 is 11.6 Å². The van der Waals surface area contributed by atoms with Gasteiger partial charge in [0.05, 0.1) is 0 Å². The Morgan fingerprint density at radius 3 is 2.06 bits per heavy atom. The van der Waals surface area contributed by atoms with Crippen molar-refractivity contribution in [3.05, 3.63) is 45.0 Å². The first-order valence-electron chi connectivity index (χ1n) is 5.39.